The van der Waals surface area contributed by atoms with Gasteiger partial charge in [0.05, 0.1) is 5.92 Å². The van der Waals surface area contributed by atoms with E-state index in [0.717, 1.165) is 0 Å². The van der Waals surface area contributed by atoms with Crippen LogP contribution in [0.2, 0.25) is 0 Å². The third kappa shape index (κ3) is 3.82. The van der Waals surface area contributed by atoms with E-state index in [2.05, 4.69) is 15.3 Å². The second-order valence-corrected chi connectivity index (χ2v) is 3.89. The first kappa shape index (κ1) is 13.1. The molecule has 6 heteroatoms. The van der Waals surface area contributed by atoms with Crippen molar-refractivity contribution in [3.05, 3.63) is 23.3 Å². The van der Waals surface area contributed by atoms with Crippen molar-refractivity contribution in [2.75, 3.05) is 6.54 Å². The van der Waals surface area contributed by atoms with E-state index in [4.69, 9.17) is 5.11 Å². The summed E-state index contributed by atoms with van der Waals surface area (Å²) in [5.41, 5.74) is 0.960. The highest BCUT2D eigenvalue weighted by atomic mass is 16.4. The number of aliphatic carboxylic acids is 1. The Balaban J connectivity index is 2.67. The van der Waals surface area contributed by atoms with Crippen LogP contribution in [-0.4, -0.2) is 33.5 Å². The van der Waals surface area contributed by atoms with Crippen molar-refractivity contribution in [3.63, 3.8) is 0 Å². The van der Waals surface area contributed by atoms with Crippen LogP contribution in [0.4, 0.5) is 0 Å². The lowest BCUT2D eigenvalue weighted by atomic mass is 10.2. The molecule has 0 saturated heterocycles. The number of aromatic nitrogens is 2. The van der Waals surface area contributed by atoms with E-state index in [0.29, 0.717) is 11.5 Å². The maximum absolute atomic E-state index is 11.7. The number of nitrogens with one attached hydrogen (secondary N) is 1. The topological polar surface area (TPSA) is 92.2 Å². The van der Waals surface area contributed by atoms with Gasteiger partial charge in [-0.25, -0.2) is 9.97 Å². The second-order valence-electron chi connectivity index (χ2n) is 3.89. The molecule has 0 aliphatic carbocycles. The second kappa shape index (κ2) is 5.38. The molecule has 0 aliphatic heterocycles. The minimum atomic E-state index is -0.944. The van der Waals surface area contributed by atoms with Crippen LogP contribution in [-0.2, 0) is 4.79 Å². The Labute approximate surface area is 99.1 Å². The van der Waals surface area contributed by atoms with Crippen molar-refractivity contribution in [1.29, 1.82) is 0 Å². The Hall–Kier alpha value is -1.98. The fraction of sp³-hybridized carbons (Fsp3) is 0.455. The number of aryl methyl sites for hydroxylation is 2. The van der Waals surface area contributed by atoms with Crippen molar-refractivity contribution in [2.45, 2.75) is 20.8 Å². The first-order valence-electron chi connectivity index (χ1n) is 5.23. The number of hydrogen-bond donors (Lipinski definition) is 2. The Bertz CT molecular complexity index is 425. The van der Waals surface area contributed by atoms with Crippen LogP contribution < -0.4 is 5.32 Å². The molecular weight excluding hydrogens is 222 g/mol. The molecule has 2 N–H and O–H groups in total. The lowest BCUT2D eigenvalue weighted by Crippen LogP contribution is -2.32. The monoisotopic (exact) mass is 237 g/mol. The quantitative estimate of drug-likeness (QED) is 0.797. The predicted molar refractivity (Wildman–Crippen MR) is 60.6 cm³/mol. The summed E-state index contributed by atoms with van der Waals surface area (Å²) in [7, 11) is 0. The number of hydrogen-bond acceptors (Lipinski definition) is 4. The zero-order valence-electron chi connectivity index (χ0n) is 10.0. The van der Waals surface area contributed by atoms with Crippen molar-refractivity contribution in [2.24, 2.45) is 5.92 Å². The largest absolute Gasteiger partial charge is 0.481 e. The van der Waals surface area contributed by atoms with E-state index in [-0.39, 0.29) is 18.1 Å². The number of rotatable bonds is 4. The van der Waals surface area contributed by atoms with Crippen LogP contribution in [0.3, 0.4) is 0 Å². The van der Waals surface area contributed by atoms with E-state index in [1.165, 1.54) is 6.92 Å². The van der Waals surface area contributed by atoms with Crippen LogP contribution in [0.1, 0.15) is 28.9 Å². The minimum absolute atomic E-state index is 0.0796. The number of nitrogens with zero attached hydrogens (tertiary/aromatic N) is 2. The molecule has 1 aromatic heterocycles. The summed E-state index contributed by atoms with van der Waals surface area (Å²) in [6.07, 6.45) is 0. The summed E-state index contributed by atoms with van der Waals surface area (Å²) >= 11 is 0. The zero-order chi connectivity index (χ0) is 13.0. The van der Waals surface area contributed by atoms with Gasteiger partial charge in [0.2, 0.25) is 0 Å². The van der Waals surface area contributed by atoms with Crippen molar-refractivity contribution >= 4 is 11.9 Å². The molecule has 1 unspecified atom stereocenters. The molecule has 0 radical (unpaired) electrons. The molecule has 0 saturated carbocycles. The van der Waals surface area contributed by atoms with Gasteiger partial charge in [-0.1, -0.05) is 6.92 Å². The molecule has 17 heavy (non-hydrogen) atoms. The van der Waals surface area contributed by atoms with E-state index in [1.54, 1.807) is 19.9 Å². The van der Waals surface area contributed by atoms with Gasteiger partial charge in [0.15, 0.2) is 0 Å². The number of carboxylic acid groups (broad SMARTS) is 1. The molecule has 0 aliphatic rings. The fourth-order valence-corrected chi connectivity index (χ4v) is 1.26. The summed E-state index contributed by atoms with van der Waals surface area (Å²) in [5.74, 6) is -1.43. The molecule has 0 bridgehead atoms. The van der Waals surface area contributed by atoms with E-state index in [1.807, 2.05) is 0 Å². The molecule has 0 fully saturated rings. The summed E-state index contributed by atoms with van der Waals surface area (Å²) in [6, 6.07) is 1.56. The van der Waals surface area contributed by atoms with Gasteiger partial charge in [-0.15, -0.1) is 0 Å². The number of amides is 1. The van der Waals surface area contributed by atoms with Crippen LogP contribution in [0.5, 0.6) is 0 Å². The summed E-state index contributed by atoms with van der Waals surface area (Å²) in [6.45, 7) is 5.07. The smallest absolute Gasteiger partial charge is 0.308 e. The fourth-order valence-electron chi connectivity index (χ4n) is 1.26. The van der Waals surface area contributed by atoms with Crippen molar-refractivity contribution < 1.29 is 14.7 Å². The Morgan fingerprint density at radius 3 is 2.59 bits per heavy atom. The zero-order valence-corrected chi connectivity index (χ0v) is 10.0. The normalized spacial score (nSPS) is 11.9. The van der Waals surface area contributed by atoms with Crippen LogP contribution in [0.15, 0.2) is 6.07 Å². The Morgan fingerprint density at radius 2 is 2.06 bits per heavy atom. The van der Waals surface area contributed by atoms with Crippen molar-refractivity contribution in [1.82, 2.24) is 15.3 Å². The number of carboxylic acids is 1. The highest BCUT2D eigenvalue weighted by molar-refractivity contribution is 5.92. The highest BCUT2D eigenvalue weighted by Gasteiger charge is 2.14. The average Bonchev–Trinajstić information content (AvgIpc) is 2.23. The molecule has 1 aromatic rings. The highest BCUT2D eigenvalue weighted by Crippen LogP contribution is 2.00. The van der Waals surface area contributed by atoms with E-state index in [9.17, 15) is 9.59 Å². The first-order valence-corrected chi connectivity index (χ1v) is 5.23. The van der Waals surface area contributed by atoms with Gasteiger partial charge in [0, 0.05) is 12.2 Å². The lowest BCUT2D eigenvalue weighted by Gasteiger charge is -2.08. The van der Waals surface area contributed by atoms with Gasteiger partial charge >= 0.3 is 5.97 Å². The molecule has 1 rings (SSSR count). The van der Waals surface area contributed by atoms with Gasteiger partial charge in [0.25, 0.3) is 5.91 Å². The molecule has 1 heterocycles. The third-order valence-corrected chi connectivity index (χ3v) is 2.19. The predicted octanol–water partition coefficient (Wildman–Crippen LogP) is 0.544. The molecular formula is C11H15N3O3. The molecule has 1 atom stereocenters. The van der Waals surface area contributed by atoms with Gasteiger partial charge in [0.1, 0.15) is 11.5 Å². The Morgan fingerprint density at radius 1 is 1.41 bits per heavy atom. The van der Waals surface area contributed by atoms with E-state index >= 15 is 0 Å². The number of carbonyl (C=O) groups is 2. The van der Waals surface area contributed by atoms with Gasteiger partial charge in [-0.3, -0.25) is 9.59 Å². The van der Waals surface area contributed by atoms with Gasteiger partial charge < -0.3 is 10.4 Å². The van der Waals surface area contributed by atoms with Crippen molar-refractivity contribution in [3.8, 4) is 0 Å². The summed E-state index contributed by atoms with van der Waals surface area (Å²) in [4.78, 5) is 30.3. The van der Waals surface area contributed by atoms with E-state index < -0.39 is 11.9 Å². The SMILES string of the molecule is Cc1cc(C(=O)NCC(C)C(=O)O)nc(C)n1. The van der Waals surface area contributed by atoms with Crippen LogP contribution in [0, 0.1) is 19.8 Å². The van der Waals surface area contributed by atoms with Crippen LogP contribution >= 0.6 is 0 Å². The van der Waals surface area contributed by atoms with Crippen LogP contribution in [0.25, 0.3) is 0 Å². The van der Waals surface area contributed by atoms with Gasteiger partial charge in [-0.2, -0.15) is 0 Å². The number of carbonyl (C=O) groups excluding carboxylic acids is 1. The molecule has 0 spiro atoms. The molecule has 6 nitrogen and oxygen atoms in total. The summed E-state index contributed by atoms with van der Waals surface area (Å²) in [5, 5.41) is 11.2. The average molecular weight is 237 g/mol. The maximum atomic E-state index is 11.7. The third-order valence-electron chi connectivity index (χ3n) is 2.19. The molecule has 0 aromatic carbocycles. The molecule has 1 amide bonds. The van der Waals surface area contributed by atoms with Gasteiger partial charge in [-0.05, 0) is 19.9 Å². The lowest BCUT2D eigenvalue weighted by molar-refractivity contribution is -0.140. The minimum Gasteiger partial charge on any atom is -0.481 e. The maximum Gasteiger partial charge on any atom is 0.308 e. The summed E-state index contributed by atoms with van der Waals surface area (Å²) < 4.78 is 0. The molecule has 92 valence electrons. The Kier molecular flexibility index (Phi) is 4.14. The first-order chi connectivity index (χ1) is 7.90. The standard InChI is InChI=1S/C11H15N3O3/c1-6(11(16)17)5-12-10(15)9-4-7(2)13-8(3)14-9/h4,6H,5H2,1-3H3,(H,12,15)(H,16,17).